The molecule has 0 rings (SSSR count). The summed E-state index contributed by atoms with van der Waals surface area (Å²) in [5.41, 5.74) is 0. The van der Waals surface area contributed by atoms with Crippen molar-refractivity contribution in [2.24, 2.45) is 0 Å². The third kappa shape index (κ3) is 51.2. The van der Waals surface area contributed by atoms with Gasteiger partial charge in [0, 0.05) is 19.3 Å². The second-order valence-corrected chi connectivity index (χ2v) is 17.4. The normalized spacial score (nSPS) is 12.8. The number of esters is 3. The molecule has 0 saturated heterocycles. The lowest BCUT2D eigenvalue weighted by Gasteiger charge is -2.18. The van der Waals surface area contributed by atoms with Crippen LogP contribution in [0.2, 0.25) is 0 Å². The molecular weight excluding hydrogens is 805 g/mol. The van der Waals surface area contributed by atoms with Gasteiger partial charge in [-0.15, -0.1) is 0 Å². The second-order valence-electron chi connectivity index (χ2n) is 17.4. The van der Waals surface area contributed by atoms with Crippen LogP contribution in [0.25, 0.3) is 0 Å². The van der Waals surface area contributed by atoms with Crippen molar-refractivity contribution in [1.29, 1.82) is 0 Å². The van der Waals surface area contributed by atoms with Gasteiger partial charge in [0.15, 0.2) is 6.10 Å². The summed E-state index contributed by atoms with van der Waals surface area (Å²) in [6.07, 6.45) is 69.7. The van der Waals surface area contributed by atoms with E-state index in [1.54, 1.807) is 0 Å². The Hall–Kier alpha value is -3.67. The van der Waals surface area contributed by atoms with Crippen molar-refractivity contribution in [2.75, 3.05) is 13.2 Å². The van der Waals surface area contributed by atoms with Gasteiger partial charge in [-0.05, 0) is 83.5 Å². The summed E-state index contributed by atoms with van der Waals surface area (Å²) in [5.74, 6) is -1.00. The number of carbonyl (C=O) groups is 3. The summed E-state index contributed by atoms with van der Waals surface area (Å²) in [6.45, 7) is 6.42. The quantitative estimate of drug-likeness (QED) is 0.0199. The first kappa shape index (κ1) is 61.3. The lowest BCUT2D eigenvalue weighted by atomic mass is 10.0. The van der Waals surface area contributed by atoms with Crippen molar-refractivity contribution < 1.29 is 28.6 Å². The molecule has 0 N–H and O–H groups in total. The number of allylic oxidation sites excluding steroid dienone is 16. The van der Waals surface area contributed by atoms with Crippen LogP contribution in [-0.4, -0.2) is 37.2 Å². The predicted molar refractivity (Wildman–Crippen MR) is 279 cm³/mol. The minimum Gasteiger partial charge on any atom is -0.462 e. The Kier molecular flexibility index (Phi) is 50.0. The summed E-state index contributed by atoms with van der Waals surface area (Å²) < 4.78 is 16.7. The van der Waals surface area contributed by atoms with E-state index in [1.807, 2.05) is 6.08 Å². The second kappa shape index (κ2) is 52.9. The van der Waals surface area contributed by atoms with Crippen LogP contribution < -0.4 is 0 Å². The van der Waals surface area contributed by atoms with Crippen LogP contribution in [-0.2, 0) is 28.6 Å². The van der Waals surface area contributed by atoms with Gasteiger partial charge in [0.25, 0.3) is 0 Å². The maximum Gasteiger partial charge on any atom is 0.306 e. The van der Waals surface area contributed by atoms with Crippen molar-refractivity contribution >= 4 is 17.9 Å². The van der Waals surface area contributed by atoms with E-state index in [0.717, 1.165) is 89.9 Å². The van der Waals surface area contributed by atoms with Gasteiger partial charge in [-0.1, -0.05) is 234 Å². The summed E-state index contributed by atoms with van der Waals surface area (Å²) in [6, 6.07) is 0. The van der Waals surface area contributed by atoms with Crippen LogP contribution in [0.1, 0.15) is 239 Å². The fraction of sp³-hybridized carbons (Fsp3) is 0.678. The van der Waals surface area contributed by atoms with Crippen molar-refractivity contribution in [1.82, 2.24) is 0 Å². The van der Waals surface area contributed by atoms with E-state index in [-0.39, 0.29) is 37.5 Å². The van der Waals surface area contributed by atoms with Crippen LogP contribution in [0, 0.1) is 0 Å². The molecule has 0 aliphatic carbocycles. The number of ether oxygens (including phenoxy) is 3. The molecule has 0 heterocycles. The monoisotopic (exact) mass is 903 g/mol. The molecule has 0 bridgehead atoms. The molecule has 0 amide bonds. The first-order valence-corrected chi connectivity index (χ1v) is 26.8. The molecule has 1 atom stereocenters. The fourth-order valence-electron chi connectivity index (χ4n) is 7.11. The number of hydrogen-bond acceptors (Lipinski definition) is 6. The molecule has 6 nitrogen and oxygen atoms in total. The van der Waals surface area contributed by atoms with Gasteiger partial charge in [-0.25, -0.2) is 0 Å². The lowest BCUT2D eigenvalue weighted by molar-refractivity contribution is -0.166. The highest BCUT2D eigenvalue weighted by Gasteiger charge is 2.19. The molecule has 0 fully saturated rings. The van der Waals surface area contributed by atoms with Crippen LogP contribution in [0.15, 0.2) is 97.2 Å². The van der Waals surface area contributed by atoms with E-state index in [4.69, 9.17) is 14.2 Å². The molecule has 370 valence electrons. The van der Waals surface area contributed by atoms with Crippen LogP contribution in [0.4, 0.5) is 0 Å². The van der Waals surface area contributed by atoms with E-state index in [1.165, 1.54) is 103 Å². The minimum atomic E-state index is -0.813. The van der Waals surface area contributed by atoms with Gasteiger partial charge in [-0.3, -0.25) is 14.4 Å². The number of carbonyl (C=O) groups excluding carboxylic acids is 3. The maximum atomic E-state index is 12.8. The Balaban J connectivity index is 4.52. The first-order chi connectivity index (χ1) is 32.0. The van der Waals surface area contributed by atoms with Crippen molar-refractivity contribution in [3.63, 3.8) is 0 Å². The fourth-order valence-corrected chi connectivity index (χ4v) is 7.11. The molecule has 0 saturated carbocycles. The molecular formula is C59H98O6. The van der Waals surface area contributed by atoms with Gasteiger partial charge < -0.3 is 14.2 Å². The van der Waals surface area contributed by atoms with Gasteiger partial charge in [0.1, 0.15) is 13.2 Å². The largest absolute Gasteiger partial charge is 0.462 e. The smallest absolute Gasteiger partial charge is 0.306 e. The van der Waals surface area contributed by atoms with Crippen molar-refractivity contribution in [2.45, 2.75) is 245 Å². The zero-order valence-electron chi connectivity index (χ0n) is 42.2. The predicted octanol–water partition coefficient (Wildman–Crippen LogP) is 17.8. The van der Waals surface area contributed by atoms with Crippen LogP contribution in [0.3, 0.4) is 0 Å². The highest BCUT2D eigenvalue weighted by Crippen LogP contribution is 2.14. The summed E-state index contributed by atoms with van der Waals surface area (Å²) in [7, 11) is 0. The van der Waals surface area contributed by atoms with Gasteiger partial charge in [-0.2, -0.15) is 0 Å². The van der Waals surface area contributed by atoms with Gasteiger partial charge in [0.05, 0.1) is 0 Å². The Morgan fingerprint density at radius 2 is 0.677 bits per heavy atom. The highest BCUT2D eigenvalue weighted by atomic mass is 16.6. The van der Waals surface area contributed by atoms with Gasteiger partial charge >= 0.3 is 17.9 Å². The highest BCUT2D eigenvalue weighted by molar-refractivity contribution is 5.71. The molecule has 0 radical (unpaired) electrons. The lowest BCUT2D eigenvalue weighted by Crippen LogP contribution is -2.30. The van der Waals surface area contributed by atoms with Crippen LogP contribution in [0.5, 0.6) is 0 Å². The third-order valence-corrected chi connectivity index (χ3v) is 11.1. The van der Waals surface area contributed by atoms with E-state index in [0.29, 0.717) is 19.3 Å². The number of rotatable bonds is 47. The summed E-state index contributed by atoms with van der Waals surface area (Å²) in [4.78, 5) is 38.0. The topological polar surface area (TPSA) is 78.9 Å². The molecule has 0 aromatic heterocycles. The Labute approximate surface area is 400 Å². The standard InChI is InChI=1S/C59H98O6/c1-4-7-10-13-16-19-22-25-27-28-29-30-32-34-37-40-43-46-49-52-58(61)64-55-56(54-63-57(60)51-48-45-42-39-36-33-24-21-18-15-12-9-6-3)65-59(62)53-50-47-44-41-38-35-31-26-23-20-17-14-11-8-5-2/h7,10,16-17,19-20,23,25-27,29-30,34,37,43,46,56H,4-6,8-9,11-15,18,21-22,24,28,31-33,35-36,38-42,44-45,47-55H2,1-3H3/b10-7-,19-16-,20-17-,26-23-,27-25-,30-29-,37-34-,46-43-. The average Bonchev–Trinajstić information content (AvgIpc) is 3.30. The van der Waals surface area contributed by atoms with Crippen LogP contribution >= 0.6 is 0 Å². The van der Waals surface area contributed by atoms with Gasteiger partial charge in [0.2, 0.25) is 0 Å². The Morgan fingerprint density at radius 1 is 0.338 bits per heavy atom. The molecule has 6 heteroatoms. The van der Waals surface area contributed by atoms with E-state index in [9.17, 15) is 14.4 Å². The van der Waals surface area contributed by atoms with E-state index < -0.39 is 6.10 Å². The molecule has 65 heavy (non-hydrogen) atoms. The van der Waals surface area contributed by atoms with E-state index >= 15 is 0 Å². The Morgan fingerprint density at radius 3 is 1.12 bits per heavy atom. The molecule has 0 aliphatic rings. The van der Waals surface area contributed by atoms with E-state index in [2.05, 4.69) is 112 Å². The first-order valence-electron chi connectivity index (χ1n) is 26.8. The molecule has 0 aliphatic heterocycles. The maximum absolute atomic E-state index is 12.8. The Bertz CT molecular complexity index is 1310. The molecule has 0 aromatic carbocycles. The zero-order chi connectivity index (χ0) is 47.2. The SMILES string of the molecule is CC/C=C\C/C=C\C/C=C\C/C=C\C/C=C\C/C=C\CCC(=O)OCC(COC(=O)CCCCCCCCCCCCCCC)OC(=O)CCCCCCCC/C=C\C=C/CCCCC. The average molecular weight is 903 g/mol. The molecule has 1 unspecified atom stereocenters. The number of unbranched alkanes of at least 4 members (excludes halogenated alkanes) is 21. The summed E-state index contributed by atoms with van der Waals surface area (Å²) in [5, 5.41) is 0. The minimum absolute atomic E-state index is 0.105. The number of hydrogen-bond donors (Lipinski definition) is 0. The van der Waals surface area contributed by atoms with Crippen molar-refractivity contribution in [3.8, 4) is 0 Å². The molecule has 0 spiro atoms. The third-order valence-electron chi connectivity index (χ3n) is 11.1. The van der Waals surface area contributed by atoms with Crippen molar-refractivity contribution in [3.05, 3.63) is 97.2 Å². The summed E-state index contributed by atoms with van der Waals surface area (Å²) >= 11 is 0. The molecule has 0 aromatic rings. The zero-order valence-corrected chi connectivity index (χ0v) is 42.2.